The van der Waals surface area contributed by atoms with Gasteiger partial charge in [-0.1, -0.05) is 0 Å². The van der Waals surface area contributed by atoms with Crippen molar-refractivity contribution in [3.05, 3.63) is 0 Å². The van der Waals surface area contributed by atoms with Crippen molar-refractivity contribution in [1.29, 1.82) is 0 Å². The van der Waals surface area contributed by atoms with Crippen LogP contribution in [0.3, 0.4) is 0 Å². The van der Waals surface area contributed by atoms with Gasteiger partial charge >= 0.3 is 8.56 Å². The quantitative estimate of drug-likeness (QED) is 0.409. The van der Waals surface area contributed by atoms with Crippen LogP contribution >= 0.6 is 7.26 Å². The summed E-state index contributed by atoms with van der Waals surface area (Å²) in [7, 11) is -5.89. The summed E-state index contributed by atoms with van der Waals surface area (Å²) in [5.74, 6) is 1.37. The van der Waals surface area contributed by atoms with E-state index in [1.54, 1.807) is 0 Å². The Bertz CT molecular complexity index is 289. The molecule has 0 N–H and O–H groups in total. The van der Waals surface area contributed by atoms with Gasteiger partial charge in [-0.3, -0.25) is 0 Å². The molecule has 0 saturated heterocycles. The zero-order chi connectivity index (χ0) is 16.2. The highest BCUT2D eigenvalue weighted by Gasteiger charge is 2.45. The summed E-state index contributed by atoms with van der Waals surface area (Å²) in [6.07, 6.45) is 4.12. The van der Waals surface area contributed by atoms with Crippen LogP contribution in [0, 0.1) is 0 Å². The van der Waals surface area contributed by atoms with Gasteiger partial charge in [-0.05, 0) is 66.6 Å². The molecule has 0 spiro atoms. The molecule has 0 heterocycles. The Morgan fingerprint density at radius 2 is 1.10 bits per heavy atom. The summed E-state index contributed by atoms with van der Waals surface area (Å²) in [5, 5.41) is 0. The third kappa shape index (κ3) is 7.85. The monoisotopic (exact) mass is 353 g/mol. The van der Waals surface area contributed by atoms with Gasteiger partial charge in [0.05, 0.1) is 24.3 Å². The number of rotatable bonds is 9. The van der Waals surface area contributed by atoms with Crippen LogP contribution in [0.15, 0.2) is 0 Å². The highest BCUT2D eigenvalue weighted by molar-refractivity contribution is 7.77. The second-order valence-corrected chi connectivity index (χ2v) is 25.9. The molecule has 0 bridgehead atoms. The van der Waals surface area contributed by atoms with Crippen LogP contribution in [-0.2, 0) is 8.23 Å². The molecular weight excluding hydrogens is 315 g/mol. The Hall–Kier alpha value is 1.00. The zero-order valence-electron chi connectivity index (χ0n) is 15.6. The highest BCUT2D eigenvalue weighted by atomic mass is 31.2. The van der Waals surface area contributed by atoms with Crippen LogP contribution in [0.1, 0.15) is 20.8 Å². The van der Waals surface area contributed by atoms with E-state index in [9.17, 15) is 0 Å². The lowest BCUT2D eigenvalue weighted by atomic mass is 10.9. The van der Waals surface area contributed by atoms with Gasteiger partial charge in [-0.25, -0.2) is 0 Å². The average molecular weight is 354 g/mol. The second-order valence-electron chi connectivity index (χ2n) is 7.92. The van der Waals surface area contributed by atoms with Gasteiger partial charge in [0.1, 0.15) is 0 Å². The molecule has 0 aliphatic heterocycles. The first-order valence-electron chi connectivity index (χ1n) is 8.06. The van der Waals surface area contributed by atoms with Crippen molar-refractivity contribution in [2.75, 3.05) is 24.3 Å². The molecule has 0 radical (unpaired) electrons. The van der Waals surface area contributed by atoms with E-state index in [2.05, 4.69) is 66.6 Å². The van der Waals surface area contributed by atoms with Gasteiger partial charge in [0.15, 0.2) is 8.32 Å². The van der Waals surface area contributed by atoms with E-state index in [-0.39, 0.29) is 0 Å². The van der Waals surface area contributed by atoms with E-state index in [4.69, 9.17) is 8.23 Å². The predicted molar refractivity (Wildman–Crippen MR) is 104 cm³/mol. The van der Waals surface area contributed by atoms with E-state index in [1.165, 1.54) is 24.3 Å². The van der Waals surface area contributed by atoms with Crippen molar-refractivity contribution >= 4 is 32.5 Å². The fraction of sp³-hybridized carbons (Fsp3) is 1.00. The van der Waals surface area contributed by atoms with Gasteiger partial charge in [0.25, 0.3) is 0 Å². The zero-order valence-corrected chi connectivity index (χ0v) is 19.5. The molecule has 6 heteroatoms. The van der Waals surface area contributed by atoms with E-state index in [1.807, 2.05) is 0 Å². The first kappa shape index (κ1) is 21.0. The minimum atomic E-state index is -1.97. The molecule has 0 aromatic heterocycles. The topological polar surface area (TPSA) is 18.5 Å². The molecule has 0 amide bonds. The molecule has 0 unspecified atom stereocenters. The predicted octanol–water partition coefficient (Wildman–Crippen LogP) is 5.38. The Kier molecular flexibility index (Phi) is 7.89. The standard InChI is InChI=1S/C14H38O2PSi3/c1-11-17(12-2,13-3)14-19(7,8)16-20(9,10)15-18(4,5)6/h11-14H2,1-10H3/q+1. The second kappa shape index (κ2) is 7.51. The van der Waals surface area contributed by atoms with Gasteiger partial charge in [-0.15, -0.1) is 0 Å². The molecule has 0 aromatic carbocycles. The van der Waals surface area contributed by atoms with Gasteiger partial charge in [0, 0.05) is 7.26 Å². The molecule has 0 rings (SSSR count). The van der Waals surface area contributed by atoms with Crippen molar-refractivity contribution in [1.82, 2.24) is 0 Å². The van der Waals surface area contributed by atoms with E-state index in [0.29, 0.717) is 0 Å². The van der Waals surface area contributed by atoms with Gasteiger partial charge < -0.3 is 8.23 Å². The molecule has 0 fully saturated rings. The van der Waals surface area contributed by atoms with Crippen LogP contribution in [-0.4, -0.2) is 49.5 Å². The van der Waals surface area contributed by atoms with Crippen LogP contribution in [0.4, 0.5) is 0 Å². The maximum atomic E-state index is 6.68. The SMILES string of the molecule is CC[P+](CC)(CC)C[Si](C)(C)O[Si](C)(C)O[Si](C)(C)C. The van der Waals surface area contributed by atoms with Gasteiger partial charge in [0.2, 0.25) is 8.32 Å². The Labute approximate surface area is 131 Å². The molecule has 0 saturated carbocycles. The minimum absolute atomic E-state index is 0.783. The first-order chi connectivity index (χ1) is 8.80. The maximum absolute atomic E-state index is 6.68. The largest absolute Gasteiger partial charge is 0.437 e. The van der Waals surface area contributed by atoms with E-state index < -0.39 is 32.5 Å². The molecule has 0 aromatic rings. The lowest BCUT2D eigenvalue weighted by Crippen LogP contribution is -2.53. The lowest BCUT2D eigenvalue weighted by Gasteiger charge is -2.39. The Morgan fingerprint density at radius 1 is 0.700 bits per heavy atom. The van der Waals surface area contributed by atoms with Crippen LogP contribution in [0.5, 0.6) is 0 Å². The summed E-state index contributed by atoms with van der Waals surface area (Å²) >= 11 is 0. The van der Waals surface area contributed by atoms with Crippen LogP contribution in [0.2, 0.25) is 45.8 Å². The van der Waals surface area contributed by atoms with Crippen LogP contribution in [0.25, 0.3) is 0 Å². The molecule has 2 nitrogen and oxygen atoms in total. The third-order valence-corrected chi connectivity index (χ3v) is 22.1. The molecule has 0 atom stereocenters. The number of hydrogen-bond donors (Lipinski definition) is 0. The molecule has 0 aliphatic carbocycles. The number of hydrogen-bond acceptors (Lipinski definition) is 2. The first-order valence-corrected chi connectivity index (χ1v) is 19.9. The summed E-state index contributed by atoms with van der Waals surface area (Å²) < 4.78 is 13.1. The highest BCUT2D eigenvalue weighted by Crippen LogP contribution is 2.59. The smallest absolute Gasteiger partial charge is 0.311 e. The van der Waals surface area contributed by atoms with E-state index in [0.717, 1.165) is 0 Å². The average Bonchev–Trinajstić information content (AvgIpc) is 2.20. The van der Waals surface area contributed by atoms with Crippen molar-refractivity contribution < 1.29 is 8.23 Å². The summed E-state index contributed by atoms with van der Waals surface area (Å²) in [6, 6.07) is 0. The molecule has 122 valence electrons. The maximum Gasteiger partial charge on any atom is 0.311 e. The molecule has 20 heavy (non-hydrogen) atoms. The molecular formula is C14H38O2PSi3+. The van der Waals surface area contributed by atoms with Crippen LogP contribution < -0.4 is 0 Å². The van der Waals surface area contributed by atoms with Crippen molar-refractivity contribution in [3.63, 3.8) is 0 Å². The minimum Gasteiger partial charge on any atom is -0.437 e. The fourth-order valence-electron chi connectivity index (χ4n) is 3.27. The lowest BCUT2D eigenvalue weighted by molar-refractivity contribution is 0.395. The van der Waals surface area contributed by atoms with E-state index >= 15 is 0 Å². The summed E-state index contributed by atoms with van der Waals surface area (Å²) in [6.45, 7) is 23.2. The third-order valence-electron chi connectivity index (χ3n) is 3.80. The summed E-state index contributed by atoms with van der Waals surface area (Å²) in [5.41, 5.74) is 0. The van der Waals surface area contributed by atoms with Gasteiger partial charge in [-0.2, -0.15) is 0 Å². The van der Waals surface area contributed by atoms with Crippen molar-refractivity contribution in [2.45, 2.75) is 66.6 Å². The Balaban J connectivity index is 4.89. The fourth-order valence-corrected chi connectivity index (χ4v) is 26.4. The normalized spacial score (nSPS) is 14.7. The summed E-state index contributed by atoms with van der Waals surface area (Å²) in [4.78, 5) is 0. The molecule has 0 aliphatic rings. The van der Waals surface area contributed by atoms with Crippen molar-refractivity contribution in [2.24, 2.45) is 0 Å². The van der Waals surface area contributed by atoms with Crippen molar-refractivity contribution in [3.8, 4) is 0 Å². The Morgan fingerprint density at radius 3 is 1.40 bits per heavy atom.